The van der Waals surface area contributed by atoms with Crippen LogP contribution in [-0.2, 0) is 17.9 Å². The fourth-order valence-corrected chi connectivity index (χ4v) is 3.76. The number of hydrogen-bond acceptors (Lipinski definition) is 5. The molecule has 8 nitrogen and oxygen atoms in total. The van der Waals surface area contributed by atoms with Crippen molar-refractivity contribution in [2.75, 3.05) is 13.1 Å². The van der Waals surface area contributed by atoms with Crippen molar-refractivity contribution in [3.05, 3.63) is 69.4 Å². The monoisotopic (exact) mass is 393 g/mol. The zero-order chi connectivity index (χ0) is 20.4. The summed E-state index contributed by atoms with van der Waals surface area (Å²) in [7, 11) is 0. The van der Waals surface area contributed by atoms with Crippen molar-refractivity contribution in [2.24, 2.45) is 5.92 Å². The van der Waals surface area contributed by atoms with Crippen molar-refractivity contribution < 1.29 is 4.79 Å². The quantitative estimate of drug-likeness (QED) is 0.664. The van der Waals surface area contributed by atoms with Crippen LogP contribution in [0.4, 0.5) is 0 Å². The Bertz CT molecular complexity index is 1160. The summed E-state index contributed by atoms with van der Waals surface area (Å²) in [6.45, 7) is 3.58. The van der Waals surface area contributed by atoms with Gasteiger partial charge in [0.1, 0.15) is 6.54 Å². The minimum Gasteiger partial charge on any atom is -0.341 e. The summed E-state index contributed by atoms with van der Waals surface area (Å²) in [5, 5.41) is 0.625. The van der Waals surface area contributed by atoms with Gasteiger partial charge in [-0.2, -0.15) is 0 Å². The maximum Gasteiger partial charge on any atom is 0.261 e. The second-order valence-electron chi connectivity index (χ2n) is 7.54. The van der Waals surface area contributed by atoms with Crippen LogP contribution >= 0.6 is 0 Å². The number of benzene rings is 1. The van der Waals surface area contributed by atoms with Gasteiger partial charge in [-0.3, -0.25) is 23.5 Å². The van der Waals surface area contributed by atoms with E-state index in [-0.39, 0.29) is 23.6 Å². The maximum absolute atomic E-state index is 12.7. The van der Waals surface area contributed by atoms with Crippen LogP contribution in [-0.4, -0.2) is 43.0 Å². The highest BCUT2D eigenvalue weighted by Crippen LogP contribution is 2.19. The Morgan fingerprint density at radius 2 is 1.79 bits per heavy atom. The van der Waals surface area contributed by atoms with Gasteiger partial charge in [0.05, 0.1) is 23.6 Å². The molecule has 1 amide bonds. The third-order valence-electron chi connectivity index (χ3n) is 5.48. The molecule has 0 atom stereocenters. The second kappa shape index (κ2) is 7.98. The van der Waals surface area contributed by atoms with E-state index in [0.717, 1.165) is 12.8 Å². The highest BCUT2D eigenvalue weighted by atomic mass is 16.2. The van der Waals surface area contributed by atoms with Crippen LogP contribution < -0.4 is 11.1 Å². The Balaban J connectivity index is 1.37. The van der Waals surface area contributed by atoms with Gasteiger partial charge in [-0.1, -0.05) is 12.1 Å². The molecule has 1 fully saturated rings. The molecule has 1 saturated heterocycles. The van der Waals surface area contributed by atoms with Crippen LogP contribution in [0.1, 0.15) is 18.5 Å². The smallest absolute Gasteiger partial charge is 0.261 e. The molecule has 2 aromatic heterocycles. The predicted octanol–water partition coefficient (Wildman–Crippen LogP) is 1.20. The topological polar surface area (TPSA) is 90.1 Å². The molecule has 0 spiro atoms. The summed E-state index contributed by atoms with van der Waals surface area (Å²) in [6.07, 6.45) is 4.65. The van der Waals surface area contributed by atoms with Crippen molar-refractivity contribution >= 4 is 16.8 Å². The average Bonchev–Trinajstić information content (AvgIpc) is 2.73. The first-order valence-corrected chi connectivity index (χ1v) is 9.76. The van der Waals surface area contributed by atoms with E-state index in [4.69, 9.17) is 0 Å². The molecule has 1 aliphatic rings. The first kappa shape index (κ1) is 19.0. The second-order valence-corrected chi connectivity index (χ2v) is 7.54. The number of piperidine rings is 1. The van der Waals surface area contributed by atoms with Crippen molar-refractivity contribution in [1.29, 1.82) is 0 Å². The zero-order valence-corrected chi connectivity index (χ0v) is 16.3. The van der Waals surface area contributed by atoms with Gasteiger partial charge in [0.15, 0.2) is 0 Å². The SMILES string of the molecule is Cc1cc(=O)n(CC(=O)N2CCC(Cn3cnc4ccccc4c3=O)CC2)cn1. The van der Waals surface area contributed by atoms with Gasteiger partial charge in [0.25, 0.3) is 11.1 Å². The largest absolute Gasteiger partial charge is 0.341 e. The number of amides is 1. The van der Waals surface area contributed by atoms with Gasteiger partial charge in [0.2, 0.25) is 5.91 Å². The van der Waals surface area contributed by atoms with Gasteiger partial charge in [-0.15, -0.1) is 0 Å². The average molecular weight is 393 g/mol. The molecule has 4 rings (SSSR count). The zero-order valence-electron chi connectivity index (χ0n) is 16.3. The van der Waals surface area contributed by atoms with Crippen molar-refractivity contribution in [3.8, 4) is 0 Å². The van der Waals surface area contributed by atoms with Gasteiger partial charge < -0.3 is 4.90 Å². The maximum atomic E-state index is 12.7. The molecule has 8 heteroatoms. The Labute approximate surface area is 167 Å². The third kappa shape index (κ3) is 4.11. The van der Waals surface area contributed by atoms with Crippen molar-refractivity contribution in [1.82, 2.24) is 24.0 Å². The molecule has 0 saturated carbocycles. The van der Waals surface area contributed by atoms with E-state index < -0.39 is 0 Å². The lowest BCUT2D eigenvalue weighted by Crippen LogP contribution is -2.42. The van der Waals surface area contributed by atoms with E-state index in [9.17, 15) is 14.4 Å². The van der Waals surface area contributed by atoms with E-state index >= 15 is 0 Å². The number of para-hydroxylation sites is 1. The number of carbonyl (C=O) groups excluding carboxylic acids is 1. The summed E-state index contributed by atoms with van der Waals surface area (Å²) < 4.78 is 3.00. The minimum absolute atomic E-state index is 0.00479. The molecule has 3 heterocycles. The van der Waals surface area contributed by atoms with E-state index in [1.165, 1.54) is 17.0 Å². The fraction of sp³-hybridized carbons (Fsp3) is 0.381. The molecule has 150 valence electrons. The molecule has 3 aromatic rings. The summed E-state index contributed by atoms with van der Waals surface area (Å²) in [5.74, 6) is 0.226. The number of hydrogen-bond donors (Lipinski definition) is 0. The Morgan fingerprint density at radius 1 is 1.07 bits per heavy atom. The standard InChI is InChI=1S/C21H23N5O3/c1-15-10-19(27)25(13-22-15)12-20(28)24-8-6-16(7-9-24)11-26-14-23-18-5-3-2-4-17(18)21(26)29/h2-5,10,13-14,16H,6-9,11-12H2,1H3. The molecule has 1 aliphatic heterocycles. The lowest BCUT2D eigenvalue weighted by molar-refractivity contribution is -0.133. The Kier molecular flexibility index (Phi) is 5.24. The van der Waals surface area contributed by atoms with Gasteiger partial charge in [-0.05, 0) is 37.8 Å². The number of carbonyl (C=O) groups is 1. The highest BCUT2D eigenvalue weighted by Gasteiger charge is 2.24. The molecule has 0 unspecified atom stereocenters. The number of aromatic nitrogens is 4. The van der Waals surface area contributed by atoms with E-state index in [0.29, 0.717) is 42.1 Å². The molecule has 1 aromatic carbocycles. The summed E-state index contributed by atoms with van der Waals surface area (Å²) >= 11 is 0. The number of nitrogens with zero attached hydrogens (tertiary/aromatic N) is 5. The van der Waals surface area contributed by atoms with Crippen LogP contribution in [0.15, 0.2) is 52.6 Å². The van der Waals surface area contributed by atoms with Crippen LogP contribution in [0, 0.1) is 12.8 Å². The van der Waals surface area contributed by atoms with Crippen LogP contribution in [0.25, 0.3) is 10.9 Å². The van der Waals surface area contributed by atoms with E-state index in [1.54, 1.807) is 28.8 Å². The molecular formula is C21H23N5O3. The van der Waals surface area contributed by atoms with Gasteiger partial charge in [0, 0.05) is 31.4 Å². The van der Waals surface area contributed by atoms with E-state index in [2.05, 4.69) is 9.97 Å². The molecule has 0 bridgehead atoms. The number of aryl methyl sites for hydroxylation is 1. The van der Waals surface area contributed by atoms with Crippen LogP contribution in [0.5, 0.6) is 0 Å². The first-order valence-electron chi connectivity index (χ1n) is 9.76. The summed E-state index contributed by atoms with van der Waals surface area (Å²) in [6, 6.07) is 8.76. The predicted molar refractivity (Wildman–Crippen MR) is 109 cm³/mol. The van der Waals surface area contributed by atoms with Crippen molar-refractivity contribution in [2.45, 2.75) is 32.9 Å². The van der Waals surface area contributed by atoms with Crippen molar-refractivity contribution in [3.63, 3.8) is 0 Å². The summed E-state index contributed by atoms with van der Waals surface area (Å²) in [5.41, 5.74) is 1.09. The van der Waals surface area contributed by atoms with Gasteiger partial charge >= 0.3 is 0 Å². The van der Waals surface area contributed by atoms with Crippen LogP contribution in [0.3, 0.4) is 0 Å². The minimum atomic E-state index is -0.219. The number of likely N-dealkylation sites (tertiary alicyclic amines) is 1. The highest BCUT2D eigenvalue weighted by molar-refractivity contribution is 5.77. The number of rotatable bonds is 4. The third-order valence-corrected chi connectivity index (χ3v) is 5.48. The molecular weight excluding hydrogens is 370 g/mol. The summed E-state index contributed by atoms with van der Waals surface area (Å²) in [4.78, 5) is 47.4. The molecule has 0 N–H and O–H groups in total. The van der Waals surface area contributed by atoms with Crippen LogP contribution in [0.2, 0.25) is 0 Å². The van der Waals surface area contributed by atoms with E-state index in [1.807, 2.05) is 18.2 Å². The normalized spacial score (nSPS) is 15.0. The Morgan fingerprint density at radius 3 is 2.55 bits per heavy atom. The first-order chi connectivity index (χ1) is 14.0. The molecule has 0 aliphatic carbocycles. The van der Waals surface area contributed by atoms with Gasteiger partial charge in [-0.25, -0.2) is 9.97 Å². The fourth-order valence-electron chi connectivity index (χ4n) is 3.76. The lowest BCUT2D eigenvalue weighted by atomic mass is 9.96. The molecule has 0 radical (unpaired) electrons. The lowest BCUT2D eigenvalue weighted by Gasteiger charge is -2.32. The molecule has 29 heavy (non-hydrogen) atoms. The number of fused-ring (bicyclic) bond motifs is 1. The Hall–Kier alpha value is -3.29.